The van der Waals surface area contributed by atoms with Gasteiger partial charge in [-0.2, -0.15) is 0 Å². The van der Waals surface area contributed by atoms with Gasteiger partial charge in [-0.1, -0.05) is 52.3 Å². The van der Waals surface area contributed by atoms with Crippen LogP contribution in [-0.4, -0.2) is 16.1 Å². The Hall–Kier alpha value is -2.73. The third-order valence-electron chi connectivity index (χ3n) is 3.29. The minimum Gasteiger partial charge on any atom is -0.347 e. The fourth-order valence-electron chi connectivity index (χ4n) is 2.10. The molecule has 3 aromatic rings. The number of carbonyl (C=O) groups excluding carboxylic acids is 1. The van der Waals surface area contributed by atoms with Gasteiger partial charge in [-0.3, -0.25) is 4.79 Å². The van der Waals surface area contributed by atoms with Gasteiger partial charge in [0.25, 0.3) is 5.91 Å². The van der Waals surface area contributed by atoms with Crippen molar-refractivity contribution in [1.29, 1.82) is 0 Å². The first-order chi connectivity index (χ1) is 11.7. The predicted octanol–water partition coefficient (Wildman–Crippen LogP) is 3.91. The first-order valence-corrected chi connectivity index (χ1v) is 8.18. The molecule has 2 aromatic carbocycles. The Balaban J connectivity index is 1.60. The number of hydrogen-bond donors (Lipinski definition) is 2. The number of hydrogen-bond acceptors (Lipinski definition) is 4. The van der Waals surface area contributed by atoms with Crippen LogP contribution in [0.3, 0.4) is 0 Å². The standard InChI is InChI=1S/C18H15BrN4O/c19-14-7-4-8-15(11-14)21-17-10-9-16(22-23-17)18(24)20-12-13-5-2-1-3-6-13/h1-11H,12H2,(H,20,24)(H,21,23). The van der Waals surface area contributed by atoms with Gasteiger partial charge in [0.05, 0.1) is 0 Å². The van der Waals surface area contributed by atoms with Crippen molar-refractivity contribution in [3.05, 3.63) is 82.5 Å². The predicted molar refractivity (Wildman–Crippen MR) is 97.1 cm³/mol. The Morgan fingerprint density at radius 2 is 1.79 bits per heavy atom. The van der Waals surface area contributed by atoms with Crippen LogP contribution >= 0.6 is 15.9 Å². The number of benzene rings is 2. The number of nitrogens with one attached hydrogen (secondary N) is 2. The van der Waals surface area contributed by atoms with Crippen molar-refractivity contribution in [3.8, 4) is 0 Å². The molecule has 0 atom stereocenters. The number of anilines is 2. The van der Waals surface area contributed by atoms with E-state index in [1.807, 2.05) is 54.6 Å². The number of halogens is 1. The summed E-state index contributed by atoms with van der Waals surface area (Å²) in [5, 5.41) is 14.0. The molecule has 6 heteroatoms. The van der Waals surface area contributed by atoms with Crippen LogP contribution in [0.15, 0.2) is 71.2 Å². The highest BCUT2D eigenvalue weighted by Gasteiger charge is 2.08. The molecule has 24 heavy (non-hydrogen) atoms. The molecule has 3 rings (SSSR count). The molecular weight excluding hydrogens is 368 g/mol. The lowest BCUT2D eigenvalue weighted by Crippen LogP contribution is -2.24. The van der Waals surface area contributed by atoms with Gasteiger partial charge in [-0.25, -0.2) is 0 Å². The monoisotopic (exact) mass is 382 g/mol. The topological polar surface area (TPSA) is 66.9 Å². The van der Waals surface area contributed by atoms with E-state index in [0.29, 0.717) is 12.4 Å². The molecule has 120 valence electrons. The average Bonchev–Trinajstić information content (AvgIpc) is 2.61. The van der Waals surface area contributed by atoms with Crippen LogP contribution in [0.1, 0.15) is 16.1 Å². The van der Waals surface area contributed by atoms with Crippen LogP contribution in [-0.2, 0) is 6.54 Å². The Bertz CT molecular complexity index is 822. The molecule has 1 amide bonds. The van der Waals surface area contributed by atoms with E-state index < -0.39 is 0 Å². The van der Waals surface area contributed by atoms with Crippen molar-refractivity contribution < 1.29 is 4.79 Å². The van der Waals surface area contributed by atoms with E-state index in [9.17, 15) is 4.79 Å². The van der Waals surface area contributed by atoms with Crippen LogP contribution in [0.5, 0.6) is 0 Å². The average molecular weight is 383 g/mol. The summed E-state index contributed by atoms with van der Waals surface area (Å²) >= 11 is 3.41. The minimum atomic E-state index is -0.250. The Kier molecular flexibility index (Phi) is 5.18. The molecule has 0 fully saturated rings. The quantitative estimate of drug-likeness (QED) is 0.701. The van der Waals surface area contributed by atoms with Gasteiger partial charge in [0.15, 0.2) is 11.5 Å². The van der Waals surface area contributed by atoms with Crippen molar-refractivity contribution in [2.45, 2.75) is 6.54 Å². The van der Waals surface area contributed by atoms with Gasteiger partial charge < -0.3 is 10.6 Å². The molecule has 0 aliphatic heterocycles. The summed E-state index contributed by atoms with van der Waals surface area (Å²) in [6.07, 6.45) is 0. The van der Waals surface area contributed by atoms with Crippen LogP contribution < -0.4 is 10.6 Å². The first kappa shape index (κ1) is 16.1. The number of aromatic nitrogens is 2. The zero-order chi connectivity index (χ0) is 16.8. The van der Waals surface area contributed by atoms with E-state index >= 15 is 0 Å². The van der Waals surface area contributed by atoms with Crippen LogP contribution in [0.2, 0.25) is 0 Å². The number of amides is 1. The van der Waals surface area contributed by atoms with Gasteiger partial charge in [-0.15, -0.1) is 10.2 Å². The number of nitrogens with zero attached hydrogens (tertiary/aromatic N) is 2. The second-order valence-corrected chi connectivity index (χ2v) is 6.02. The molecular formula is C18H15BrN4O. The van der Waals surface area contributed by atoms with Crippen LogP contribution in [0.4, 0.5) is 11.5 Å². The third kappa shape index (κ3) is 4.39. The molecule has 0 radical (unpaired) electrons. The summed E-state index contributed by atoms with van der Waals surface area (Å²) < 4.78 is 0.970. The maximum absolute atomic E-state index is 12.1. The summed E-state index contributed by atoms with van der Waals surface area (Å²) in [4.78, 5) is 12.1. The molecule has 0 aliphatic carbocycles. The summed E-state index contributed by atoms with van der Waals surface area (Å²) in [5.41, 5.74) is 2.21. The van der Waals surface area contributed by atoms with Gasteiger partial charge >= 0.3 is 0 Å². The normalized spacial score (nSPS) is 10.2. The Morgan fingerprint density at radius 3 is 2.50 bits per heavy atom. The van der Waals surface area contributed by atoms with Crippen molar-refractivity contribution >= 4 is 33.3 Å². The van der Waals surface area contributed by atoms with Crippen molar-refractivity contribution in [2.75, 3.05) is 5.32 Å². The van der Waals surface area contributed by atoms with E-state index in [2.05, 4.69) is 36.8 Å². The van der Waals surface area contributed by atoms with Gasteiger partial charge in [-0.05, 0) is 35.9 Å². The maximum Gasteiger partial charge on any atom is 0.272 e. The van der Waals surface area contributed by atoms with Crippen molar-refractivity contribution in [2.24, 2.45) is 0 Å². The zero-order valence-corrected chi connectivity index (χ0v) is 14.3. The molecule has 0 unspecified atom stereocenters. The fraction of sp³-hybridized carbons (Fsp3) is 0.0556. The summed E-state index contributed by atoms with van der Waals surface area (Å²) in [5.74, 6) is 0.327. The zero-order valence-electron chi connectivity index (χ0n) is 12.7. The largest absolute Gasteiger partial charge is 0.347 e. The van der Waals surface area contributed by atoms with E-state index in [1.165, 1.54) is 0 Å². The highest BCUT2D eigenvalue weighted by Crippen LogP contribution is 2.18. The highest BCUT2D eigenvalue weighted by atomic mass is 79.9. The first-order valence-electron chi connectivity index (χ1n) is 7.39. The fourth-order valence-corrected chi connectivity index (χ4v) is 2.50. The second kappa shape index (κ2) is 7.70. The summed E-state index contributed by atoms with van der Waals surface area (Å²) in [6, 6.07) is 20.8. The molecule has 1 aromatic heterocycles. The SMILES string of the molecule is O=C(NCc1ccccc1)c1ccc(Nc2cccc(Br)c2)nn1. The van der Waals surface area contributed by atoms with E-state index in [0.717, 1.165) is 15.7 Å². The lowest BCUT2D eigenvalue weighted by Gasteiger charge is -2.07. The Labute approximate surface area is 148 Å². The molecule has 0 saturated carbocycles. The van der Waals surface area contributed by atoms with Gasteiger partial charge in [0.2, 0.25) is 0 Å². The molecule has 5 nitrogen and oxygen atoms in total. The molecule has 0 saturated heterocycles. The number of carbonyl (C=O) groups is 1. The number of rotatable bonds is 5. The molecule has 0 bridgehead atoms. The molecule has 1 heterocycles. The lowest BCUT2D eigenvalue weighted by molar-refractivity contribution is 0.0945. The highest BCUT2D eigenvalue weighted by molar-refractivity contribution is 9.10. The summed E-state index contributed by atoms with van der Waals surface area (Å²) in [6.45, 7) is 0.458. The molecule has 2 N–H and O–H groups in total. The van der Waals surface area contributed by atoms with Crippen molar-refractivity contribution in [3.63, 3.8) is 0 Å². The third-order valence-corrected chi connectivity index (χ3v) is 3.78. The maximum atomic E-state index is 12.1. The summed E-state index contributed by atoms with van der Waals surface area (Å²) in [7, 11) is 0. The van der Waals surface area contributed by atoms with Crippen LogP contribution in [0, 0.1) is 0 Å². The van der Waals surface area contributed by atoms with Crippen LogP contribution in [0.25, 0.3) is 0 Å². The van der Waals surface area contributed by atoms with E-state index in [1.54, 1.807) is 12.1 Å². The van der Waals surface area contributed by atoms with E-state index in [-0.39, 0.29) is 11.6 Å². The lowest BCUT2D eigenvalue weighted by atomic mass is 10.2. The van der Waals surface area contributed by atoms with Crippen molar-refractivity contribution in [1.82, 2.24) is 15.5 Å². The van der Waals surface area contributed by atoms with Gasteiger partial charge in [0, 0.05) is 16.7 Å². The smallest absolute Gasteiger partial charge is 0.272 e. The second-order valence-electron chi connectivity index (χ2n) is 5.11. The minimum absolute atomic E-state index is 0.250. The Morgan fingerprint density at radius 1 is 0.958 bits per heavy atom. The molecule has 0 spiro atoms. The van der Waals surface area contributed by atoms with E-state index in [4.69, 9.17) is 0 Å². The molecule has 0 aliphatic rings. The van der Waals surface area contributed by atoms with Gasteiger partial charge in [0.1, 0.15) is 0 Å².